The fourth-order valence-electron chi connectivity index (χ4n) is 1.70. The second-order valence-electron chi connectivity index (χ2n) is 4.95. The number of halogens is 1. The average molecular weight is 291 g/mol. The second-order valence-corrected chi connectivity index (χ2v) is 5.39. The number of hydrogen-bond acceptors (Lipinski definition) is 3. The van der Waals surface area contributed by atoms with Gasteiger partial charge >= 0.3 is 0 Å². The van der Waals surface area contributed by atoms with E-state index in [1.807, 2.05) is 36.4 Å². The van der Waals surface area contributed by atoms with Gasteiger partial charge in [0, 0.05) is 29.9 Å². The normalized spacial score (nSPS) is 10.8. The Morgan fingerprint density at radius 3 is 2.60 bits per heavy atom. The molecule has 0 saturated carbocycles. The lowest BCUT2D eigenvalue weighted by atomic mass is 10.2. The highest BCUT2D eigenvalue weighted by atomic mass is 35.5. The van der Waals surface area contributed by atoms with Crippen LogP contribution in [0.2, 0.25) is 5.02 Å². The lowest BCUT2D eigenvalue weighted by Crippen LogP contribution is -2.21. The molecule has 0 fully saturated rings. The summed E-state index contributed by atoms with van der Waals surface area (Å²) in [6, 6.07) is 12.0. The van der Waals surface area contributed by atoms with E-state index in [1.165, 1.54) is 5.56 Å². The Labute approximate surface area is 124 Å². The second kappa shape index (κ2) is 7.27. The number of aromatic nitrogens is 1. The van der Waals surface area contributed by atoms with Crippen molar-refractivity contribution in [1.82, 2.24) is 10.3 Å². The molecular formula is C16H19ClN2O. The summed E-state index contributed by atoms with van der Waals surface area (Å²) in [6.07, 6.45) is 1.77. The minimum atomic E-state index is 0.460. The van der Waals surface area contributed by atoms with Crippen LogP contribution in [0.15, 0.2) is 42.6 Å². The van der Waals surface area contributed by atoms with Crippen molar-refractivity contribution in [2.75, 3.05) is 0 Å². The number of hydrogen-bond donors (Lipinski definition) is 1. The van der Waals surface area contributed by atoms with Gasteiger partial charge in [-0.1, -0.05) is 37.6 Å². The van der Waals surface area contributed by atoms with Crippen LogP contribution >= 0.6 is 11.6 Å². The summed E-state index contributed by atoms with van der Waals surface area (Å²) in [5.41, 5.74) is 2.24. The van der Waals surface area contributed by atoms with Gasteiger partial charge in [0.1, 0.15) is 6.61 Å². The fraction of sp³-hybridized carbons (Fsp3) is 0.312. The summed E-state index contributed by atoms with van der Waals surface area (Å²) in [7, 11) is 0. The maximum absolute atomic E-state index is 5.85. The molecule has 0 aliphatic heterocycles. The molecule has 1 aromatic carbocycles. The molecule has 1 aromatic heterocycles. The first-order valence-electron chi connectivity index (χ1n) is 6.69. The van der Waals surface area contributed by atoms with Crippen molar-refractivity contribution >= 4 is 11.6 Å². The summed E-state index contributed by atoms with van der Waals surface area (Å²) in [5.74, 6) is 0.642. The molecule has 106 valence electrons. The Morgan fingerprint density at radius 2 is 1.90 bits per heavy atom. The van der Waals surface area contributed by atoms with Gasteiger partial charge in [0.2, 0.25) is 5.88 Å². The zero-order valence-corrected chi connectivity index (χ0v) is 12.5. The molecule has 0 saturated heterocycles. The molecule has 0 amide bonds. The van der Waals surface area contributed by atoms with Crippen LogP contribution in [-0.2, 0) is 13.2 Å². The number of rotatable bonds is 6. The Bertz CT molecular complexity index is 540. The quantitative estimate of drug-likeness (QED) is 0.878. The van der Waals surface area contributed by atoms with Gasteiger partial charge in [0.05, 0.1) is 0 Å². The molecule has 4 heteroatoms. The van der Waals surface area contributed by atoms with Crippen molar-refractivity contribution in [2.45, 2.75) is 33.0 Å². The molecule has 0 unspecified atom stereocenters. The topological polar surface area (TPSA) is 34.2 Å². The number of benzene rings is 1. The van der Waals surface area contributed by atoms with Crippen LogP contribution < -0.4 is 10.1 Å². The summed E-state index contributed by atoms with van der Waals surface area (Å²) >= 11 is 5.85. The van der Waals surface area contributed by atoms with Crippen LogP contribution in [-0.4, -0.2) is 11.0 Å². The summed E-state index contributed by atoms with van der Waals surface area (Å²) in [5, 5.41) is 4.10. The minimum Gasteiger partial charge on any atom is -0.473 e. The van der Waals surface area contributed by atoms with Gasteiger partial charge in [-0.05, 0) is 29.3 Å². The first-order chi connectivity index (χ1) is 9.63. The lowest BCUT2D eigenvalue weighted by Gasteiger charge is -2.10. The van der Waals surface area contributed by atoms with Crippen LogP contribution in [0.25, 0.3) is 0 Å². The van der Waals surface area contributed by atoms with Gasteiger partial charge in [-0.25, -0.2) is 4.98 Å². The van der Waals surface area contributed by atoms with Crippen molar-refractivity contribution in [3.8, 4) is 5.88 Å². The third-order valence-electron chi connectivity index (χ3n) is 2.81. The van der Waals surface area contributed by atoms with E-state index >= 15 is 0 Å². The van der Waals surface area contributed by atoms with Crippen molar-refractivity contribution < 1.29 is 4.74 Å². The lowest BCUT2D eigenvalue weighted by molar-refractivity contribution is 0.293. The maximum Gasteiger partial charge on any atom is 0.213 e. The number of nitrogens with one attached hydrogen (secondary N) is 1. The van der Waals surface area contributed by atoms with Crippen molar-refractivity contribution in [3.63, 3.8) is 0 Å². The van der Waals surface area contributed by atoms with Crippen LogP contribution in [0.5, 0.6) is 5.88 Å². The van der Waals surface area contributed by atoms with E-state index in [-0.39, 0.29) is 0 Å². The Balaban J connectivity index is 1.92. The maximum atomic E-state index is 5.85. The van der Waals surface area contributed by atoms with E-state index in [0.29, 0.717) is 18.5 Å². The highest BCUT2D eigenvalue weighted by Crippen LogP contribution is 2.14. The Kier molecular flexibility index (Phi) is 5.39. The van der Waals surface area contributed by atoms with E-state index < -0.39 is 0 Å². The number of ether oxygens (including phenoxy) is 1. The molecule has 0 aliphatic carbocycles. The molecule has 0 aliphatic rings. The first kappa shape index (κ1) is 14.8. The highest BCUT2D eigenvalue weighted by Gasteiger charge is 2.01. The largest absolute Gasteiger partial charge is 0.473 e. The predicted octanol–water partition coefficient (Wildman–Crippen LogP) is 3.81. The summed E-state index contributed by atoms with van der Waals surface area (Å²) in [6.45, 7) is 5.56. The van der Waals surface area contributed by atoms with Gasteiger partial charge < -0.3 is 10.1 Å². The van der Waals surface area contributed by atoms with Gasteiger partial charge in [-0.2, -0.15) is 0 Å². The molecule has 3 nitrogen and oxygen atoms in total. The van der Waals surface area contributed by atoms with Crippen LogP contribution in [0.4, 0.5) is 0 Å². The number of pyridine rings is 1. The first-order valence-corrected chi connectivity index (χ1v) is 7.07. The van der Waals surface area contributed by atoms with Gasteiger partial charge in [-0.15, -0.1) is 0 Å². The molecule has 0 radical (unpaired) electrons. The third-order valence-corrected chi connectivity index (χ3v) is 3.07. The van der Waals surface area contributed by atoms with E-state index in [0.717, 1.165) is 17.1 Å². The molecule has 0 spiro atoms. The molecule has 1 heterocycles. The monoisotopic (exact) mass is 290 g/mol. The van der Waals surface area contributed by atoms with Crippen LogP contribution in [0.1, 0.15) is 25.0 Å². The van der Waals surface area contributed by atoms with E-state index in [2.05, 4.69) is 24.1 Å². The van der Waals surface area contributed by atoms with Crippen LogP contribution in [0, 0.1) is 0 Å². The SMILES string of the molecule is CC(C)NCc1ccnc(OCc2ccc(Cl)cc2)c1. The zero-order chi connectivity index (χ0) is 14.4. The Morgan fingerprint density at radius 1 is 1.15 bits per heavy atom. The fourth-order valence-corrected chi connectivity index (χ4v) is 1.83. The van der Waals surface area contributed by atoms with Gasteiger partial charge in [0.15, 0.2) is 0 Å². The minimum absolute atomic E-state index is 0.460. The van der Waals surface area contributed by atoms with E-state index in [4.69, 9.17) is 16.3 Å². The number of nitrogens with zero attached hydrogens (tertiary/aromatic N) is 1. The zero-order valence-electron chi connectivity index (χ0n) is 11.8. The molecule has 1 N–H and O–H groups in total. The van der Waals surface area contributed by atoms with E-state index in [9.17, 15) is 0 Å². The summed E-state index contributed by atoms with van der Waals surface area (Å²) in [4.78, 5) is 4.22. The van der Waals surface area contributed by atoms with Gasteiger partial charge in [-0.3, -0.25) is 0 Å². The highest BCUT2D eigenvalue weighted by molar-refractivity contribution is 6.30. The standard InChI is InChI=1S/C16H19ClN2O/c1-12(2)19-10-14-7-8-18-16(9-14)20-11-13-3-5-15(17)6-4-13/h3-9,12,19H,10-11H2,1-2H3. The van der Waals surface area contributed by atoms with E-state index in [1.54, 1.807) is 6.20 Å². The Hall–Kier alpha value is -1.58. The third kappa shape index (κ3) is 4.83. The molecule has 2 aromatic rings. The van der Waals surface area contributed by atoms with Crippen LogP contribution in [0.3, 0.4) is 0 Å². The average Bonchev–Trinajstić information content (AvgIpc) is 2.45. The smallest absolute Gasteiger partial charge is 0.213 e. The van der Waals surface area contributed by atoms with Crippen molar-refractivity contribution in [3.05, 3.63) is 58.7 Å². The molecular weight excluding hydrogens is 272 g/mol. The molecule has 2 rings (SSSR count). The molecule has 0 bridgehead atoms. The molecule has 20 heavy (non-hydrogen) atoms. The molecule has 0 atom stereocenters. The summed E-state index contributed by atoms with van der Waals surface area (Å²) < 4.78 is 5.70. The predicted molar refractivity (Wildman–Crippen MR) is 82.0 cm³/mol. The van der Waals surface area contributed by atoms with Crippen molar-refractivity contribution in [2.24, 2.45) is 0 Å². The van der Waals surface area contributed by atoms with Crippen molar-refractivity contribution in [1.29, 1.82) is 0 Å². The van der Waals surface area contributed by atoms with Gasteiger partial charge in [0.25, 0.3) is 0 Å².